The summed E-state index contributed by atoms with van der Waals surface area (Å²) in [6.07, 6.45) is 0. The van der Waals surface area contributed by atoms with Gasteiger partial charge in [0.25, 0.3) is 0 Å². The van der Waals surface area contributed by atoms with E-state index in [0.717, 1.165) is 0 Å². The first kappa shape index (κ1) is 13.1. The Morgan fingerprint density at radius 3 is 2.50 bits per heavy atom. The molecule has 6 heteroatoms. The molecular weight excluding hydrogens is 252 g/mol. The minimum absolute atomic E-state index is 0.0356. The number of hydrogen-bond donors (Lipinski definition) is 1. The van der Waals surface area contributed by atoms with E-state index in [1.54, 1.807) is 6.92 Å². The van der Waals surface area contributed by atoms with E-state index in [1.807, 2.05) is 32.7 Å². The number of hydrogen-bond acceptors (Lipinski definition) is 4. The van der Waals surface area contributed by atoms with Crippen molar-refractivity contribution in [2.24, 2.45) is 5.41 Å². The molecule has 1 aromatic heterocycles. The van der Waals surface area contributed by atoms with Crippen LogP contribution in [0.5, 0.6) is 0 Å². The standard InChI is InChI=1S/C12H17ClN4O/c1-6-7-9(16-11(13)14-6)17(5)8(10(18)15-7)12(2,3)4/h8H,1-5H3,(H,15,18). The Bertz CT molecular complexity index is 510. The van der Waals surface area contributed by atoms with Crippen molar-refractivity contribution in [3.05, 3.63) is 11.0 Å². The molecule has 98 valence electrons. The molecule has 0 fully saturated rings. The lowest BCUT2D eigenvalue weighted by molar-refractivity contribution is -0.119. The number of fused-ring (bicyclic) bond motifs is 1. The largest absolute Gasteiger partial charge is 0.345 e. The number of carbonyl (C=O) groups is 1. The van der Waals surface area contributed by atoms with E-state index >= 15 is 0 Å². The van der Waals surface area contributed by atoms with Gasteiger partial charge >= 0.3 is 0 Å². The first-order valence-electron chi connectivity index (χ1n) is 5.79. The minimum Gasteiger partial charge on any atom is -0.345 e. The van der Waals surface area contributed by atoms with Crippen LogP contribution in [0.2, 0.25) is 5.28 Å². The number of nitrogens with zero attached hydrogens (tertiary/aromatic N) is 3. The van der Waals surface area contributed by atoms with Crippen LogP contribution in [-0.2, 0) is 4.79 Å². The fourth-order valence-electron chi connectivity index (χ4n) is 2.39. The molecule has 0 aliphatic carbocycles. The monoisotopic (exact) mass is 268 g/mol. The van der Waals surface area contributed by atoms with Crippen LogP contribution in [0.15, 0.2) is 0 Å². The first-order valence-corrected chi connectivity index (χ1v) is 6.17. The van der Waals surface area contributed by atoms with Gasteiger partial charge in [-0.2, -0.15) is 4.98 Å². The normalized spacial score (nSPS) is 19.6. The Hall–Kier alpha value is -1.36. The smallest absolute Gasteiger partial charge is 0.247 e. The molecule has 0 saturated heterocycles. The third-order valence-electron chi connectivity index (χ3n) is 3.08. The molecule has 5 nitrogen and oxygen atoms in total. The number of likely N-dealkylation sites (N-methyl/N-ethyl adjacent to an activating group) is 1. The predicted molar refractivity (Wildman–Crippen MR) is 72.1 cm³/mol. The number of aryl methyl sites for hydroxylation is 1. The van der Waals surface area contributed by atoms with Crippen molar-refractivity contribution in [1.29, 1.82) is 0 Å². The van der Waals surface area contributed by atoms with Gasteiger partial charge in [0.1, 0.15) is 11.7 Å². The molecule has 1 unspecified atom stereocenters. The van der Waals surface area contributed by atoms with Gasteiger partial charge in [0.2, 0.25) is 11.2 Å². The van der Waals surface area contributed by atoms with Crippen molar-refractivity contribution in [2.45, 2.75) is 33.7 Å². The van der Waals surface area contributed by atoms with E-state index in [-0.39, 0.29) is 22.6 Å². The SMILES string of the molecule is Cc1nc(Cl)nc2c1NC(=O)C(C(C)(C)C)N2C. The summed E-state index contributed by atoms with van der Waals surface area (Å²) in [7, 11) is 1.86. The van der Waals surface area contributed by atoms with E-state index in [1.165, 1.54) is 0 Å². The van der Waals surface area contributed by atoms with E-state index in [4.69, 9.17) is 11.6 Å². The number of aromatic nitrogens is 2. The molecule has 0 saturated carbocycles. The van der Waals surface area contributed by atoms with Gasteiger partial charge in [-0.15, -0.1) is 0 Å². The fourth-order valence-corrected chi connectivity index (χ4v) is 2.60. The second kappa shape index (κ2) is 4.09. The summed E-state index contributed by atoms with van der Waals surface area (Å²) in [6, 6.07) is -0.282. The molecule has 0 aromatic carbocycles. The quantitative estimate of drug-likeness (QED) is 0.733. The molecule has 1 aliphatic heterocycles. The van der Waals surface area contributed by atoms with Crippen LogP contribution >= 0.6 is 11.6 Å². The van der Waals surface area contributed by atoms with Crippen molar-refractivity contribution in [1.82, 2.24) is 9.97 Å². The maximum absolute atomic E-state index is 12.2. The number of rotatable bonds is 0. The molecule has 2 heterocycles. The maximum Gasteiger partial charge on any atom is 0.247 e. The van der Waals surface area contributed by atoms with Gasteiger partial charge in [-0.25, -0.2) is 4.98 Å². The van der Waals surface area contributed by atoms with Gasteiger partial charge < -0.3 is 10.2 Å². The van der Waals surface area contributed by atoms with Gasteiger partial charge in [0.15, 0.2) is 5.82 Å². The molecule has 0 radical (unpaired) electrons. The van der Waals surface area contributed by atoms with Gasteiger partial charge in [0, 0.05) is 7.05 Å². The number of nitrogens with one attached hydrogen (secondary N) is 1. The summed E-state index contributed by atoms with van der Waals surface area (Å²) in [5, 5.41) is 3.07. The molecule has 1 atom stereocenters. The van der Waals surface area contributed by atoms with Crippen LogP contribution in [0.3, 0.4) is 0 Å². The molecule has 1 N–H and O–H groups in total. The summed E-state index contributed by atoms with van der Waals surface area (Å²) in [5.74, 6) is 0.638. The predicted octanol–water partition coefficient (Wildman–Crippen LogP) is 2.24. The number of carbonyl (C=O) groups excluding carboxylic acids is 1. The molecule has 0 spiro atoms. The lowest BCUT2D eigenvalue weighted by Crippen LogP contribution is -2.53. The van der Waals surface area contributed by atoms with E-state index in [0.29, 0.717) is 17.2 Å². The Morgan fingerprint density at radius 1 is 1.33 bits per heavy atom. The second-order valence-electron chi connectivity index (χ2n) is 5.65. The Kier molecular flexibility index (Phi) is 2.97. The van der Waals surface area contributed by atoms with Gasteiger partial charge in [-0.3, -0.25) is 4.79 Å². The molecule has 2 rings (SSSR count). The van der Waals surface area contributed by atoms with Crippen LogP contribution in [0.1, 0.15) is 26.5 Å². The van der Waals surface area contributed by atoms with Crippen molar-refractivity contribution >= 4 is 29.0 Å². The van der Waals surface area contributed by atoms with Crippen LogP contribution in [0.25, 0.3) is 0 Å². The van der Waals surface area contributed by atoms with Crippen molar-refractivity contribution < 1.29 is 4.79 Å². The Morgan fingerprint density at radius 2 is 1.94 bits per heavy atom. The third kappa shape index (κ3) is 2.03. The van der Waals surface area contributed by atoms with E-state index in [2.05, 4.69) is 15.3 Å². The zero-order valence-electron chi connectivity index (χ0n) is 11.2. The Labute approximate surface area is 112 Å². The first-order chi connectivity index (χ1) is 8.21. The average Bonchev–Trinajstić information content (AvgIpc) is 2.18. The highest BCUT2D eigenvalue weighted by atomic mass is 35.5. The lowest BCUT2D eigenvalue weighted by Gasteiger charge is -2.41. The van der Waals surface area contributed by atoms with Crippen LogP contribution in [0, 0.1) is 12.3 Å². The summed E-state index contributed by atoms with van der Waals surface area (Å²) in [5.41, 5.74) is 1.13. The number of halogens is 1. The number of anilines is 2. The van der Waals surface area contributed by atoms with Crippen LogP contribution < -0.4 is 10.2 Å². The lowest BCUT2D eigenvalue weighted by atomic mass is 9.84. The molecule has 0 bridgehead atoms. The molecular formula is C12H17ClN4O. The fraction of sp³-hybridized carbons (Fsp3) is 0.583. The topological polar surface area (TPSA) is 58.1 Å². The zero-order valence-corrected chi connectivity index (χ0v) is 12.0. The van der Waals surface area contributed by atoms with Crippen molar-refractivity contribution in [2.75, 3.05) is 17.3 Å². The Balaban J connectivity index is 2.56. The molecule has 1 amide bonds. The van der Waals surface area contributed by atoms with Gasteiger partial charge in [0.05, 0.1) is 5.69 Å². The molecule has 18 heavy (non-hydrogen) atoms. The zero-order chi connectivity index (χ0) is 13.7. The van der Waals surface area contributed by atoms with Crippen molar-refractivity contribution in [3.8, 4) is 0 Å². The van der Waals surface area contributed by atoms with Crippen LogP contribution in [0.4, 0.5) is 11.5 Å². The minimum atomic E-state index is -0.282. The van der Waals surface area contributed by atoms with Gasteiger partial charge in [-0.1, -0.05) is 20.8 Å². The third-order valence-corrected chi connectivity index (χ3v) is 3.25. The molecule has 1 aromatic rings. The maximum atomic E-state index is 12.2. The molecule has 1 aliphatic rings. The highest BCUT2D eigenvalue weighted by Crippen LogP contribution is 2.37. The van der Waals surface area contributed by atoms with E-state index < -0.39 is 0 Å². The summed E-state index contributed by atoms with van der Waals surface area (Å²) < 4.78 is 0. The van der Waals surface area contributed by atoms with Gasteiger partial charge in [-0.05, 0) is 23.9 Å². The average molecular weight is 269 g/mol. The summed E-state index contributed by atoms with van der Waals surface area (Å²) in [6.45, 7) is 7.87. The summed E-state index contributed by atoms with van der Waals surface area (Å²) >= 11 is 5.88. The van der Waals surface area contributed by atoms with Crippen LogP contribution in [-0.4, -0.2) is 29.0 Å². The summed E-state index contributed by atoms with van der Waals surface area (Å²) in [4.78, 5) is 22.4. The second-order valence-corrected chi connectivity index (χ2v) is 5.98. The van der Waals surface area contributed by atoms with E-state index in [9.17, 15) is 4.79 Å². The van der Waals surface area contributed by atoms with Crippen molar-refractivity contribution in [3.63, 3.8) is 0 Å². The highest BCUT2D eigenvalue weighted by Gasteiger charge is 2.40. The number of amides is 1. The highest BCUT2D eigenvalue weighted by molar-refractivity contribution is 6.28.